The van der Waals surface area contributed by atoms with Gasteiger partial charge in [0.2, 0.25) is 0 Å². The molecule has 3 aromatic rings. The predicted molar refractivity (Wildman–Crippen MR) is 102 cm³/mol. The van der Waals surface area contributed by atoms with Crippen LogP contribution in [0.3, 0.4) is 0 Å². The summed E-state index contributed by atoms with van der Waals surface area (Å²) in [5.74, 6) is 0.570. The molecule has 3 aromatic heterocycles. The average Bonchev–Trinajstić information content (AvgIpc) is 3.51. The summed E-state index contributed by atoms with van der Waals surface area (Å²) < 4.78 is 20.2. The molecular weight excluding hydrogens is 359 g/mol. The van der Waals surface area contributed by atoms with Gasteiger partial charge in [-0.2, -0.15) is 0 Å². The van der Waals surface area contributed by atoms with Crippen LogP contribution < -0.4 is 4.74 Å². The zero-order chi connectivity index (χ0) is 19.7. The minimum absolute atomic E-state index is 0.0196. The topological polar surface area (TPSA) is 68.0 Å². The second-order valence-corrected chi connectivity index (χ2v) is 6.97. The van der Waals surface area contributed by atoms with Crippen molar-refractivity contribution in [1.29, 1.82) is 0 Å². The summed E-state index contributed by atoms with van der Waals surface area (Å²) in [5, 5.41) is 0. The monoisotopic (exact) mass is 379 g/mol. The first-order valence-corrected chi connectivity index (χ1v) is 9.14. The van der Waals surface area contributed by atoms with E-state index < -0.39 is 5.82 Å². The first-order valence-electron chi connectivity index (χ1n) is 9.14. The number of hydrogen-bond acceptors (Lipinski definition) is 5. The average molecular weight is 379 g/mol. The van der Waals surface area contributed by atoms with Crippen molar-refractivity contribution < 1.29 is 13.9 Å². The van der Waals surface area contributed by atoms with Crippen molar-refractivity contribution >= 4 is 5.82 Å². The molecule has 142 valence electrons. The SMILES string of the molecule is Cc1ncc(OC2CC2)cc1-c1ccc([N+](=O)Cc2cncc(F)c2C)nc1. The van der Waals surface area contributed by atoms with Gasteiger partial charge >= 0.3 is 5.82 Å². The maximum atomic E-state index is 13.6. The fourth-order valence-electron chi connectivity index (χ4n) is 2.88. The van der Waals surface area contributed by atoms with E-state index in [1.165, 1.54) is 6.20 Å². The number of ether oxygens (including phenoxy) is 1. The van der Waals surface area contributed by atoms with Gasteiger partial charge in [-0.05, 0) is 54.1 Å². The molecule has 1 aliphatic carbocycles. The number of pyridine rings is 3. The quantitative estimate of drug-likeness (QED) is 0.592. The van der Waals surface area contributed by atoms with Crippen molar-refractivity contribution in [1.82, 2.24) is 15.0 Å². The molecule has 1 fully saturated rings. The molecule has 0 saturated heterocycles. The smallest absolute Gasteiger partial charge is 0.361 e. The Morgan fingerprint density at radius 1 is 1.14 bits per heavy atom. The summed E-state index contributed by atoms with van der Waals surface area (Å²) in [4.78, 5) is 24.9. The van der Waals surface area contributed by atoms with E-state index in [0.717, 1.165) is 46.4 Å². The van der Waals surface area contributed by atoms with Crippen molar-refractivity contribution in [3.8, 4) is 16.9 Å². The van der Waals surface area contributed by atoms with Gasteiger partial charge < -0.3 is 4.74 Å². The Labute approximate surface area is 162 Å². The number of nitroso groups, excluding NO2 is 1. The second-order valence-electron chi connectivity index (χ2n) is 6.97. The molecule has 1 saturated carbocycles. The van der Waals surface area contributed by atoms with Gasteiger partial charge in [-0.1, -0.05) is 4.91 Å². The highest BCUT2D eigenvalue weighted by Crippen LogP contribution is 2.31. The highest BCUT2D eigenvalue weighted by Gasteiger charge is 2.24. The van der Waals surface area contributed by atoms with Crippen LogP contribution in [0.1, 0.15) is 29.7 Å². The Morgan fingerprint density at radius 2 is 1.96 bits per heavy atom. The van der Waals surface area contributed by atoms with E-state index in [0.29, 0.717) is 17.2 Å². The molecule has 0 atom stereocenters. The van der Waals surface area contributed by atoms with E-state index >= 15 is 0 Å². The molecule has 0 amide bonds. The minimum atomic E-state index is -0.425. The molecule has 3 heterocycles. The molecule has 7 heteroatoms. The summed E-state index contributed by atoms with van der Waals surface area (Å²) in [5.41, 5.74) is 3.58. The van der Waals surface area contributed by atoms with Crippen LogP contribution in [-0.4, -0.2) is 25.8 Å². The van der Waals surface area contributed by atoms with Crippen molar-refractivity contribution in [2.45, 2.75) is 39.3 Å². The molecule has 28 heavy (non-hydrogen) atoms. The molecule has 0 bridgehead atoms. The summed E-state index contributed by atoms with van der Waals surface area (Å²) in [6, 6.07) is 5.43. The summed E-state index contributed by atoms with van der Waals surface area (Å²) in [6.45, 7) is 3.53. The lowest BCUT2D eigenvalue weighted by Gasteiger charge is -2.08. The first kappa shape index (κ1) is 18.2. The lowest BCUT2D eigenvalue weighted by Crippen LogP contribution is -2.06. The van der Waals surface area contributed by atoms with Gasteiger partial charge in [-0.25, -0.2) is 4.39 Å². The summed E-state index contributed by atoms with van der Waals surface area (Å²) in [7, 11) is 0. The summed E-state index contributed by atoms with van der Waals surface area (Å²) in [6.07, 6.45) is 8.47. The van der Waals surface area contributed by atoms with Crippen LogP contribution in [0.5, 0.6) is 5.75 Å². The van der Waals surface area contributed by atoms with Gasteiger partial charge in [-0.15, -0.1) is 0 Å². The van der Waals surface area contributed by atoms with Crippen LogP contribution >= 0.6 is 0 Å². The number of halogens is 1. The molecule has 0 radical (unpaired) electrons. The van der Waals surface area contributed by atoms with Crippen LogP contribution in [0.25, 0.3) is 11.1 Å². The van der Waals surface area contributed by atoms with Crippen molar-refractivity contribution in [3.05, 3.63) is 70.5 Å². The van der Waals surface area contributed by atoms with E-state index in [2.05, 4.69) is 15.0 Å². The third kappa shape index (κ3) is 3.88. The van der Waals surface area contributed by atoms with Crippen LogP contribution in [0.2, 0.25) is 0 Å². The highest BCUT2D eigenvalue weighted by molar-refractivity contribution is 5.66. The van der Waals surface area contributed by atoms with E-state index in [1.807, 2.05) is 19.1 Å². The van der Waals surface area contributed by atoms with E-state index in [-0.39, 0.29) is 12.4 Å². The largest absolute Gasteiger partial charge is 0.489 e. The molecule has 0 aromatic carbocycles. The fourth-order valence-corrected chi connectivity index (χ4v) is 2.88. The molecule has 4 rings (SSSR count). The molecule has 6 nitrogen and oxygen atoms in total. The Balaban J connectivity index is 1.53. The molecule has 1 aliphatic rings. The zero-order valence-corrected chi connectivity index (χ0v) is 15.7. The normalized spacial score (nSPS) is 13.4. The van der Waals surface area contributed by atoms with E-state index in [1.54, 1.807) is 25.4 Å². The lowest BCUT2D eigenvalue weighted by molar-refractivity contribution is -0.484. The molecule has 0 aliphatic heterocycles. The molecule has 0 unspecified atom stereocenters. The van der Waals surface area contributed by atoms with Gasteiger partial charge in [0.05, 0.1) is 18.5 Å². The third-order valence-corrected chi connectivity index (χ3v) is 4.78. The highest BCUT2D eigenvalue weighted by atomic mass is 19.1. The van der Waals surface area contributed by atoms with E-state index in [9.17, 15) is 9.30 Å². The Hall–Kier alpha value is -3.22. The van der Waals surface area contributed by atoms with Crippen molar-refractivity contribution in [2.75, 3.05) is 0 Å². The van der Waals surface area contributed by atoms with Gasteiger partial charge in [-0.3, -0.25) is 9.97 Å². The Bertz CT molecular complexity index is 1030. The Morgan fingerprint density at radius 3 is 2.68 bits per heavy atom. The minimum Gasteiger partial charge on any atom is -0.489 e. The van der Waals surface area contributed by atoms with Crippen LogP contribution in [0, 0.1) is 24.6 Å². The fraction of sp³-hybridized carbons (Fsp3) is 0.286. The van der Waals surface area contributed by atoms with Crippen molar-refractivity contribution in [2.24, 2.45) is 0 Å². The van der Waals surface area contributed by atoms with Crippen LogP contribution in [0.15, 0.2) is 43.0 Å². The van der Waals surface area contributed by atoms with Crippen LogP contribution in [-0.2, 0) is 6.54 Å². The summed E-state index contributed by atoms with van der Waals surface area (Å²) >= 11 is 0. The van der Waals surface area contributed by atoms with Gasteiger partial charge in [0.25, 0.3) is 0 Å². The lowest BCUT2D eigenvalue weighted by atomic mass is 10.1. The Kier molecular flexibility index (Phi) is 4.81. The number of nitrogens with zero attached hydrogens (tertiary/aromatic N) is 4. The third-order valence-electron chi connectivity index (χ3n) is 4.78. The second kappa shape index (κ2) is 7.42. The maximum Gasteiger partial charge on any atom is 0.361 e. The van der Waals surface area contributed by atoms with Gasteiger partial charge in [0.15, 0.2) is 6.54 Å². The van der Waals surface area contributed by atoms with Crippen molar-refractivity contribution in [3.63, 3.8) is 0 Å². The molecular formula is C21H20FN4O2+. The van der Waals surface area contributed by atoms with Gasteiger partial charge in [0.1, 0.15) is 17.8 Å². The van der Waals surface area contributed by atoms with E-state index in [4.69, 9.17) is 4.74 Å². The number of aromatic nitrogens is 3. The molecule has 0 N–H and O–H groups in total. The maximum absolute atomic E-state index is 13.6. The zero-order valence-electron chi connectivity index (χ0n) is 15.7. The predicted octanol–water partition coefficient (Wildman–Crippen LogP) is 4.45. The number of hydrogen-bond donors (Lipinski definition) is 0. The van der Waals surface area contributed by atoms with Crippen LogP contribution in [0.4, 0.5) is 10.2 Å². The molecule has 0 spiro atoms. The first-order chi connectivity index (χ1) is 13.5. The number of rotatable bonds is 6. The number of aryl methyl sites for hydroxylation is 1. The standard InChI is InChI=1S/C21H20FN4O2/c1-13-16(8-23-11-20(13)22)12-26(27)21-6-3-15(9-25-21)19-7-18(10-24-14(19)2)28-17-4-5-17/h3,6-11,17H,4-5,12H2,1-2H3/q+1. The van der Waals surface area contributed by atoms with Gasteiger partial charge in [0, 0.05) is 34.6 Å².